The highest BCUT2D eigenvalue weighted by Gasteiger charge is 2.21. The number of methoxy groups -OCH3 is 1. The number of benzene rings is 1. The van der Waals surface area contributed by atoms with E-state index in [0.717, 1.165) is 0 Å². The number of ether oxygens (including phenoxy) is 3. The molecular formula is C19H24N6O4. The van der Waals surface area contributed by atoms with Gasteiger partial charge in [-0.2, -0.15) is 15.0 Å². The van der Waals surface area contributed by atoms with E-state index in [0.29, 0.717) is 81.7 Å². The van der Waals surface area contributed by atoms with E-state index in [2.05, 4.69) is 30.1 Å². The number of carbonyl (C=O) groups excluding carboxylic acids is 1. The third-order valence-electron chi connectivity index (χ3n) is 4.78. The summed E-state index contributed by atoms with van der Waals surface area (Å²) in [6.07, 6.45) is 0. The number of hydrogen-bond donors (Lipinski definition) is 1. The predicted octanol–water partition coefficient (Wildman–Crippen LogP) is 1.07. The van der Waals surface area contributed by atoms with Crippen molar-refractivity contribution in [1.29, 1.82) is 0 Å². The van der Waals surface area contributed by atoms with Crippen LogP contribution in [-0.4, -0.2) is 80.6 Å². The van der Waals surface area contributed by atoms with Crippen molar-refractivity contribution >= 4 is 29.5 Å². The number of morpholine rings is 2. The summed E-state index contributed by atoms with van der Waals surface area (Å²) in [5.41, 5.74) is 0.989. The topological polar surface area (TPSA) is 102 Å². The largest absolute Gasteiger partial charge is 0.465 e. The minimum Gasteiger partial charge on any atom is -0.465 e. The Bertz CT molecular complexity index is 816. The van der Waals surface area contributed by atoms with Gasteiger partial charge in [0.25, 0.3) is 0 Å². The van der Waals surface area contributed by atoms with Gasteiger partial charge in [0, 0.05) is 26.2 Å². The van der Waals surface area contributed by atoms with Crippen molar-refractivity contribution in [2.45, 2.75) is 0 Å². The number of nitrogens with zero attached hydrogens (tertiary/aromatic N) is 5. The van der Waals surface area contributed by atoms with E-state index < -0.39 is 5.97 Å². The van der Waals surface area contributed by atoms with E-state index >= 15 is 0 Å². The molecular weight excluding hydrogens is 376 g/mol. The maximum Gasteiger partial charge on any atom is 0.339 e. The van der Waals surface area contributed by atoms with Crippen LogP contribution >= 0.6 is 0 Å². The van der Waals surface area contributed by atoms with Crippen LogP contribution in [0.5, 0.6) is 0 Å². The highest BCUT2D eigenvalue weighted by Crippen LogP contribution is 2.23. The molecule has 3 heterocycles. The Morgan fingerprint density at radius 3 is 2.03 bits per heavy atom. The van der Waals surface area contributed by atoms with Crippen LogP contribution in [0.3, 0.4) is 0 Å². The monoisotopic (exact) mass is 400 g/mol. The van der Waals surface area contributed by atoms with Gasteiger partial charge in [-0.25, -0.2) is 4.79 Å². The van der Waals surface area contributed by atoms with Gasteiger partial charge in [-0.3, -0.25) is 0 Å². The van der Waals surface area contributed by atoms with Crippen LogP contribution < -0.4 is 15.1 Å². The number of anilines is 4. The first-order valence-electron chi connectivity index (χ1n) is 9.60. The van der Waals surface area contributed by atoms with Crippen molar-refractivity contribution in [2.24, 2.45) is 0 Å². The molecule has 29 heavy (non-hydrogen) atoms. The molecule has 2 aromatic rings. The third-order valence-corrected chi connectivity index (χ3v) is 4.78. The highest BCUT2D eigenvalue weighted by molar-refractivity contribution is 5.96. The fourth-order valence-corrected chi connectivity index (χ4v) is 3.22. The maximum atomic E-state index is 12.1. The molecule has 10 heteroatoms. The second-order valence-corrected chi connectivity index (χ2v) is 6.62. The number of esters is 1. The zero-order chi connectivity index (χ0) is 20.1. The van der Waals surface area contributed by atoms with Gasteiger partial charge in [0.1, 0.15) is 0 Å². The maximum absolute atomic E-state index is 12.1. The molecule has 1 aromatic carbocycles. The quantitative estimate of drug-likeness (QED) is 0.733. The van der Waals surface area contributed by atoms with Crippen molar-refractivity contribution in [1.82, 2.24) is 15.0 Å². The minimum atomic E-state index is -0.427. The van der Waals surface area contributed by atoms with E-state index in [-0.39, 0.29) is 0 Å². The van der Waals surface area contributed by atoms with Gasteiger partial charge < -0.3 is 29.3 Å². The summed E-state index contributed by atoms with van der Waals surface area (Å²) in [6, 6.07) is 7.10. The van der Waals surface area contributed by atoms with Crippen molar-refractivity contribution in [2.75, 3.05) is 74.8 Å². The van der Waals surface area contributed by atoms with Gasteiger partial charge in [0.05, 0.1) is 44.8 Å². The Morgan fingerprint density at radius 2 is 1.48 bits per heavy atom. The van der Waals surface area contributed by atoms with Gasteiger partial charge in [0.2, 0.25) is 17.8 Å². The molecule has 154 valence electrons. The highest BCUT2D eigenvalue weighted by atomic mass is 16.5. The van der Waals surface area contributed by atoms with E-state index in [4.69, 9.17) is 14.2 Å². The molecule has 1 aromatic heterocycles. The van der Waals surface area contributed by atoms with Gasteiger partial charge in [-0.1, -0.05) is 12.1 Å². The third kappa shape index (κ3) is 4.54. The number of rotatable bonds is 5. The van der Waals surface area contributed by atoms with Crippen molar-refractivity contribution in [3.05, 3.63) is 29.8 Å². The van der Waals surface area contributed by atoms with Gasteiger partial charge >= 0.3 is 5.97 Å². The first kappa shape index (κ1) is 19.3. The van der Waals surface area contributed by atoms with Crippen LogP contribution in [0.2, 0.25) is 0 Å². The minimum absolute atomic E-state index is 0.374. The lowest BCUT2D eigenvalue weighted by Crippen LogP contribution is -2.40. The Balaban J connectivity index is 1.67. The Morgan fingerprint density at radius 1 is 0.931 bits per heavy atom. The standard InChI is InChI=1S/C19H24N6O4/c1-27-16(26)14-4-2-3-5-15(14)20-17-21-18(24-6-10-28-11-7-24)23-19(22-17)25-8-12-29-13-9-25/h2-5H,6-13H2,1H3,(H,20,21,22,23). The van der Waals surface area contributed by atoms with Crippen LogP contribution in [0, 0.1) is 0 Å². The van der Waals surface area contributed by atoms with Gasteiger partial charge in [-0.15, -0.1) is 0 Å². The van der Waals surface area contributed by atoms with E-state index in [1.807, 2.05) is 6.07 Å². The number of aromatic nitrogens is 3. The second kappa shape index (κ2) is 9.01. The summed E-state index contributed by atoms with van der Waals surface area (Å²) >= 11 is 0. The van der Waals surface area contributed by atoms with Crippen LogP contribution in [0.4, 0.5) is 23.5 Å². The molecule has 4 rings (SSSR count). The lowest BCUT2D eigenvalue weighted by molar-refractivity contribution is 0.0602. The smallest absolute Gasteiger partial charge is 0.339 e. The molecule has 0 saturated carbocycles. The lowest BCUT2D eigenvalue weighted by Gasteiger charge is -2.30. The molecule has 0 bridgehead atoms. The average molecular weight is 400 g/mol. The van der Waals surface area contributed by atoms with Crippen LogP contribution in [0.15, 0.2) is 24.3 Å². The predicted molar refractivity (Wildman–Crippen MR) is 107 cm³/mol. The van der Waals surface area contributed by atoms with Gasteiger partial charge in [-0.05, 0) is 12.1 Å². The average Bonchev–Trinajstić information content (AvgIpc) is 2.80. The van der Waals surface area contributed by atoms with Crippen LogP contribution in [-0.2, 0) is 14.2 Å². The molecule has 1 N–H and O–H groups in total. The first-order valence-corrected chi connectivity index (χ1v) is 9.60. The SMILES string of the molecule is COC(=O)c1ccccc1Nc1nc(N2CCOCC2)nc(N2CCOCC2)n1. The summed E-state index contributed by atoms with van der Waals surface area (Å²) in [5, 5.41) is 3.17. The van der Waals surface area contributed by atoms with E-state index in [1.165, 1.54) is 7.11 Å². The Hall–Kier alpha value is -2.98. The normalized spacial score (nSPS) is 17.1. The molecule has 0 spiro atoms. The molecule has 2 fully saturated rings. The molecule has 0 radical (unpaired) electrons. The number of para-hydroxylation sites is 1. The molecule has 2 aliphatic rings. The summed E-state index contributed by atoms with van der Waals surface area (Å²) in [4.78, 5) is 30.1. The molecule has 0 unspecified atom stereocenters. The Kier molecular flexibility index (Phi) is 6.01. The number of carbonyl (C=O) groups is 1. The van der Waals surface area contributed by atoms with Gasteiger partial charge in [0.15, 0.2) is 0 Å². The lowest BCUT2D eigenvalue weighted by atomic mass is 10.2. The molecule has 2 aliphatic heterocycles. The first-order chi connectivity index (χ1) is 14.2. The fraction of sp³-hybridized carbons (Fsp3) is 0.474. The van der Waals surface area contributed by atoms with Crippen molar-refractivity contribution in [3.8, 4) is 0 Å². The zero-order valence-electron chi connectivity index (χ0n) is 16.3. The number of nitrogens with one attached hydrogen (secondary N) is 1. The van der Waals surface area contributed by atoms with Crippen molar-refractivity contribution in [3.63, 3.8) is 0 Å². The zero-order valence-corrected chi connectivity index (χ0v) is 16.3. The van der Waals surface area contributed by atoms with E-state index in [9.17, 15) is 4.79 Å². The van der Waals surface area contributed by atoms with Crippen molar-refractivity contribution < 1.29 is 19.0 Å². The molecule has 2 saturated heterocycles. The molecule has 10 nitrogen and oxygen atoms in total. The summed E-state index contributed by atoms with van der Waals surface area (Å²) < 4.78 is 15.8. The second-order valence-electron chi connectivity index (χ2n) is 6.62. The molecule has 0 atom stereocenters. The summed E-state index contributed by atoms with van der Waals surface area (Å²) in [7, 11) is 1.36. The molecule has 0 amide bonds. The Labute approximate surface area is 168 Å². The summed E-state index contributed by atoms with van der Waals surface area (Å²) in [5.74, 6) is 1.12. The molecule has 0 aliphatic carbocycles. The van der Waals surface area contributed by atoms with Crippen LogP contribution in [0.25, 0.3) is 0 Å². The van der Waals surface area contributed by atoms with E-state index in [1.54, 1.807) is 18.2 Å². The van der Waals surface area contributed by atoms with Crippen LogP contribution in [0.1, 0.15) is 10.4 Å². The number of hydrogen-bond acceptors (Lipinski definition) is 10. The fourth-order valence-electron chi connectivity index (χ4n) is 3.22. The summed E-state index contributed by atoms with van der Waals surface area (Å²) in [6.45, 7) is 5.38.